The van der Waals surface area contributed by atoms with Gasteiger partial charge in [-0.3, -0.25) is 9.59 Å². The largest absolute Gasteiger partial charge is 0.416 e. The van der Waals surface area contributed by atoms with Crippen LogP contribution in [-0.2, 0) is 21.2 Å². The molecule has 1 aliphatic carbocycles. The van der Waals surface area contributed by atoms with Gasteiger partial charge in [0.15, 0.2) is 0 Å². The molecule has 0 radical (unpaired) electrons. The van der Waals surface area contributed by atoms with Crippen molar-refractivity contribution in [1.82, 2.24) is 15.1 Å². The fourth-order valence-electron chi connectivity index (χ4n) is 5.85. The van der Waals surface area contributed by atoms with Gasteiger partial charge in [-0.05, 0) is 67.1 Å². The van der Waals surface area contributed by atoms with Crippen molar-refractivity contribution >= 4 is 29.5 Å². The van der Waals surface area contributed by atoms with Crippen LogP contribution in [0, 0.1) is 0 Å². The molecule has 9 heteroatoms. The van der Waals surface area contributed by atoms with Crippen LogP contribution in [0.1, 0.15) is 53.9 Å². The molecule has 1 saturated heterocycles. The number of piperidine rings is 1. The van der Waals surface area contributed by atoms with Gasteiger partial charge in [0, 0.05) is 56.2 Å². The summed E-state index contributed by atoms with van der Waals surface area (Å²) in [6.45, 7) is 2.29. The van der Waals surface area contributed by atoms with Gasteiger partial charge in [0.25, 0.3) is 0 Å². The number of carbonyl (C=O) groups is 2. The summed E-state index contributed by atoms with van der Waals surface area (Å²) in [5, 5.41) is 3.74. The molecule has 4 rings (SSSR count). The lowest BCUT2D eigenvalue weighted by atomic mass is 9.73. The molecule has 1 atom stereocenters. The highest BCUT2D eigenvalue weighted by Gasteiger charge is 2.47. The maximum absolute atomic E-state index is 13.3. The zero-order valence-electron chi connectivity index (χ0n) is 21.7. The van der Waals surface area contributed by atoms with E-state index in [2.05, 4.69) is 11.4 Å². The maximum atomic E-state index is 13.3. The van der Waals surface area contributed by atoms with E-state index in [0.29, 0.717) is 43.9 Å². The quantitative estimate of drug-likeness (QED) is 0.467. The van der Waals surface area contributed by atoms with Crippen molar-refractivity contribution in [3.05, 3.63) is 75.8 Å². The number of hydrogen-bond acceptors (Lipinski definition) is 3. The van der Waals surface area contributed by atoms with Crippen molar-refractivity contribution in [2.45, 2.75) is 43.2 Å². The molecular weight excluding hydrogens is 515 g/mol. The van der Waals surface area contributed by atoms with E-state index in [4.69, 9.17) is 11.6 Å². The Labute approximate surface area is 226 Å². The zero-order valence-corrected chi connectivity index (χ0v) is 22.4. The Morgan fingerprint density at radius 1 is 1.16 bits per heavy atom. The number of hydrogen-bond donors (Lipinski definition) is 1. The summed E-state index contributed by atoms with van der Waals surface area (Å²) in [5.41, 5.74) is 1.16. The minimum absolute atomic E-state index is 0.0365. The third-order valence-electron chi connectivity index (χ3n) is 7.90. The van der Waals surface area contributed by atoms with Crippen molar-refractivity contribution in [2.24, 2.45) is 0 Å². The van der Waals surface area contributed by atoms with Gasteiger partial charge in [-0.1, -0.05) is 41.9 Å². The fourth-order valence-corrected chi connectivity index (χ4v) is 6.24. The number of fused-ring (bicyclic) bond motifs is 2. The van der Waals surface area contributed by atoms with E-state index >= 15 is 0 Å². The van der Waals surface area contributed by atoms with Crippen LogP contribution in [0.5, 0.6) is 0 Å². The van der Waals surface area contributed by atoms with Gasteiger partial charge in [0.2, 0.25) is 11.8 Å². The molecule has 0 saturated carbocycles. The highest BCUT2D eigenvalue weighted by molar-refractivity contribution is 6.31. The predicted octanol–water partition coefficient (Wildman–Crippen LogP) is 5.49. The summed E-state index contributed by atoms with van der Waals surface area (Å²) >= 11 is 6.71. The first-order valence-corrected chi connectivity index (χ1v) is 13.2. The summed E-state index contributed by atoms with van der Waals surface area (Å²) in [7, 11) is 3.67. The Hall–Kier alpha value is -2.84. The van der Waals surface area contributed by atoms with E-state index in [9.17, 15) is 22.8 Å². The number of halogens is 4. The van der Waals surface area contributed by atoms with Crippen molar-refractivity contribution in [3.8, 4) is 0 Å². The van der Waals surface area contributed by atoms with Crippen LogP contribution in [0.4, 0.5) is 13.2 Å². The Balaban J connectivity index is 1.46. The second-order valence-electron chi connectivity index (χ2n) is 10.3. The van der Waals surface area contributed by atoms with E-state index in [1.807, 2.05) is 26.2 Å². The van der Waals surface area contributed by atoms with Crippen LogP contribution < -0.4 is 5.32 Å². The molecule has 2 aromatic rings. The number of carbonyl (C=O) groups excluding carboxylic acids is 2. The summed E-state index contributed by atoms with van der Waals surface area (Å²) < 4.78 is 39.9. The average Bonchev–Trinajstić information content (AvgIpc) is 3.19. The molecule has 2 amide bonds. The van der Waals surface area contributed by atoms with Gasteiger partial charge >= 0.3 is 6.18 Å². The first-order chi connectivity index (χ1) is 18.1. The zero-order chi connectivity index (χ0) is 27.5. The van der Waals surface area contributed by atoms with Crippen LogP contribution in [0.2, 0.25) is 5.02 Å². The van der Waals surface area contributed by atoms with Crippen molar-refractivity contribution in [2.75, 3.05) is 40.3 Å². The van der Waals surface area contributed by atoms with Crippen molar-refractivity contribution in [1.29, 1.82) is 0 Å². The van der Waals surface area contributed by atoms with E-state index in [-0.39, 0.29) is 28.7 Å². The lowest BCUT2D eigenvalue weighted by Crippen LogP contribution is -2.44. The van der Waals surface area contributed by atoms with Gasteiger partial charge in [-0.2, -0.15) is 13.2 Å². The number of amides is 2. The summed E-state index contributed by atoms with van der Waals surface area (Å²) in [4.78, 5) is 29.2. The number of likely N-dealkylation sites (N-methyl/N-ethyl adjacent to an activating group) is 2. The Kier molecular flexibility index (Phi) is 8.52. The lowest BCUT2D eigenvalue weighted by Gasteiger charge is -2.40. The molecule has 1 unspecified atom stereocenters. The predicted molar refractivity (Wildman–Crippen MR) is 143 cm³/mol. The molecule has 204 valence electrons. The Morgan fingerprint density at radius 3 is 2.55 bits per heavy atom. The Bertz CT molecular complexity index is 1210. The standard InChI is InChI=1S/C29H33ClF3N3O2/c1-34-14-17-35(2)26(38)18-21-19-28(27-22(21)7-5-9-24(27)30)12-15-36(16-13-28)25(37)11-10-20-6-3-4-8-23(20)29(31,32)33/h3-11,21,34H,12-19H2,1-2H3. The molecule has 1 spiro atoms. The first-order valence-electron chi connectivity index (χ1n) is 12.9. The van der Waals surface area contributed by atoms with Gasteiger partial charge in [0.1, 0.15) is 0 Å². The maximum Gasteiger partial charge on any atom is 0.416 e. The highest BCUT2D eigenvalue weighted by atomic mass is 35.5. The summed E-state index contributed by atoms with van der Waals surface area (Å²) in [6.07, 6.45) is 0.527. The highest BCUT2D eigenvalue weighted by Crippen LogP contribution is 2.55. The van der Waals surface area contributed by atoms with Crippen molar-refractivity contribution < 1.29 is 22.8 Å². The van der Waals surface area contributed by atoms with E-state index in [1.165, 1.54) is 30.4 Å². The first kappa shape index (κ1) is 28.2. The molecule has 2 aromatic carbocycles. The number of benzene rings is 2. The third kappa shape index (κ3) is 5.91. The lowest BCUT2D eigenvalue weighted by molar-refractivity contribution is -0.137. The third-order valence-corrected chi connectivity index (χ3v) is 8.22. The monoisotopic (exact) mass is 547 g/mol. The van der Waals surface area contributed by atoms with Crippen LogP contribution in [0.15, 0.2) is 48.5 Å². The van der Waals surface area contributed by atoms with E-state index < -0.39 is 11.7 Å². The molecular formula is C29H33ClF3N3O2. The second-order valence-corrected chi connectivity index (χ2v) is 10.7. The molecule has 5 nitrogen and oxygen atoms in total. The minimum Gasteiger partial charge on any atom is -0.344 e. The number of likely N-dealkylation sites (tertiary alicyclic amines) is 1. The van der Waals surface area contributed by atoms with Gasteiger partial charge in [0.05, 0.1) is 5.56 Å². The smallest absolute Gasteiger partial charge is 0.344 e. The molecule has 1 heterocycles. The van der Waals surface area contributed by atoms with Gasteiger partial charge in [-0.25, -0.2) is 0 Å². The normalized spacial score (nSPS) is 18.7. The Morgan fingerprint density at radius 2 is 1.87 bits per heavy atom. The summed E-state index contributed by atoms with van der Waals surface area (Å²) in [5.74, 6) is -0.175. The van der Waals surface area contributed by atoms with E-state index in [1.54, 1.807) is 9.80 Å². The van der Waals surface area contributed by atoms with Crippen LogP contribution in [0.3, 0.4) is 0 Å². The number of rotatable bonds is 7. The second kappa shape index (κ2) is 11.5. The van der Waals surface area contributed by atoms with Gasteiger partial charge in [-0.15, -0.1) is 0 Å². The molecule has 0 aromatic heterocycles. The van der Waals surface area contributed by atoms with Crippen LogP contribution in [-0.4, -0.2) is 61.9 Å². The molecule has 2 aliphatic rings. The van der Waals surface area contributed by atoms with Crippen molar-refractivity contribution in [3.63, 3.8) is 0 Å². The average molecular weight is 548 g/mol. The molecule has 38 heavy (non-hydrogen) atoms. The summed E-state index contributed by atoms with van der Waals surface area (Å²) in [6, 6.07) is 11.1. The molecule has 1 aliphatic heterocycles. The molecule has 1 fully saturated rings. The topological polar surface area (TPSA) is 52.7 Å². The number of alkyl halides is 3. The van der Waals surface area contributed by atoms with Crippen LogP contribution in [0.25, 0.3) is 6.08 Å². The fraction of sp³-hybridized carbons (Fsp3) is 0.448. The SMILES string of the molecule is CNCCN(C)C(=O)CC1CC2(CCN(C(=O)C=Cc3ccccc3C(F)(F)F)CC2)c2c(Cl)cccc21. The minimum atomic E-state index is -4.49. The number of nitrogens with one attached hydrogen (secondary N) is 1. The molecule has 1 N–H and O–H groups in total. The van der Waals surface area contributed by atoms with Crippen LogP contribution >= 0.6 is 11.6 Å². The van der Waals surface area contributed by atoms with E-state index in [0.717, 1.165) is 30.2 Å². The van der Waals surface area contributed by atoms with Gasteiger partial charge < -0.3 is 15.1 Å². The molecule has 0 bridgehead atoms. The number of nitrogens with zero attached hydrogens (tertiary/aromatic N) is 2.